The molecular weight excluding hydrogens is 392 g/mol. The van der Waals surface area contributed by atoms with E-state index in [1.807, 2.05) is 32.0 Å². The number of benzene rings is 3. The fourth-order valence-electron chi connectivity index (χ4n) is 2.94. The van der Waals surface area contributed by atoms with Crippen molar-refractivity contribution in [3.05, 3.63) is 83.4 Å². The standard InChI is InChI=1S/C25H26N2O4/c1-16-6-5-7-23(17(16)2)27-25(29)19-8-12-22(13-9-19)31-18(3)24(28)26-20-10-14-21(30-4)15-11-20/h5-15,18H,1-4H3,(H,26,28)(H,27,29)/t18-/m1/s1. The highest BCUT2D eigenvalue weighted by atomic mass is 16.5. The Morgan fingerprint density at radius 2 is 1.48 bits per heavy atom. The van der Waals surface area contributed by atoms with Crippen LogP contribution in [0, 0.1) is 13.8 Å². The maximum absolute atomic E-state index is 12.5. The van der Waals surface area contributed by atoms with E-state index < -0.39 is 6.10 Å². The van der Waals surface area contributed by atoms with Gasteiger partial charge in [-0.05, 0) is 86.5 Å². The van der Waals surface area contributed by atoms with Crippen molar-refractivity contribution in [2.45, 2.75) is 26.9 Å². The lowest BCUT2D eigenvalue weighted by molar-refractivity contribution is -0.122. The average molecular weight is 418 g/mol. The van der Waals surface area contributed by atoms with Gasteiger partial charge in [0.15, 0.2) is 6.10 Å². The first-order valence-electron chi connectivity index (χ1n) is 9.96. The Morgan fingerprint density at radius 3 is 2.13 bits per heavy atom. The van der Waals surface area contributed by atoms with E-state index in [9.17, 15) is 9.59 Å². The Labute approximate surface area is 182 Å². The van der Waals surface area contributed by atoms with E-state index in [1.165, 1.54) is 0 Å². The third-order valence-corrected chi connectivity index (χ3v) is 5.01. The first-order chi connectivity index (χ1) is 14.9. The van der Waals surface area contributed by atoms with E-state index in [1.54, 1.807) is 62.6 Å². The number of nitrogens with one attached hydrogen (secondary N) is 2. The van der Waals surface area contributed by atoms with Crippen LogP contribution in [0.1, 0.15) is 28.4 Å². The molecule has 0 saturated carbocycles. The summed E-state index contributed by atoms with van der Waals surface area (Å²) in [6.07, 6.45) is -0.711. The lowest BCUT2D eigenvalue weighted by atomic mass is 10.1. The van der Waals surface area contributed by atoms with Crippen LogP contribution in [0.4, 0.5) is 11.4 Å². The molecule has 3 aromatic carbocycles. The molecule has 0 saturated heterocycles. The molecule has 3 aromatic rings. The second-order valence-electron chi connectivity index (χ2n) is 7.20. The van der Waals surface area contributed by atoms with Gasteiger partial charge in [-0.25, -0.2) is 0 Å². The van der Waals surface area contributed by atoms with Crippen molar-refractivity contribution in [2.75, 3.05) is 17.7 Å². The minimum Gasteiger partial charge on any atom is -0.497 e. The predicted molar refractivity (Wildman–Crippen MR) is 122 cm³/mol. The normalized spacial score (nSPS) is 11.4. The number of carbonyl (C=O) groups excluding carboxylic acids is 2. The summed E-state index contributed by atoms with van der Waals surface area (Å²) in [5.74, 6) is 0.733. The van der Waals surface area contributed by atoms with Gasteiger partial charge in [-0.15, -0.1) is 0 Å². The first kappa shape index (κ1) is 21.9. The van der Waals surface area contributed by atoms with Crippen molar-refractivity contribution in [2.24, 2.45) is 0 Å². The molecule has 0 aliphatic heterocycles. The van der Waals surface area contributed by atoms with Crippen LogP contribution in [0.5, 0.6) is 11.5 Å². The van der Waals surface area contributed by atoms with Crippen LogP contribution in [0.3, 0.4) is 0 Å². The quantitative estimate of drug-likeness (QED) is 0.568. The Hall–Kier alpha value is -3.80. The summed E-state index contributed by atoms with van der Waals surface area (Å²) in [6, 6.07) is 19.5. The van der Waals surface area contributed by atoms with Crippen molar-refractivity contribution in [1.29, 1.82) is 0 Å². The van der Waals surface area contributed by atoms with E-state index >= 15 is 0 Å². The number of ether oxygens (including phenoxy) is 2. The van der Waals surface area contributed by atoms with Crippen LogP contribution in [0.15, 0.2) is 66.7 Å². The molecule has 1 atom stereocenters. The number of hydrogen-bond acceptors (Lipinski definition) is 4. The van der Waals surface area contributed by atoms with Crippen LogP contribution in [0.25, 0.3) is 0 Å². The SMILES string of the molecule is COc1ccc(NC(=O)[C@@H](C)Oc2ccc(C(=O)Nc3cccc(C)c3C)cc2)cc1. The van der Waals surface area contributed by atoms with Gasteiger partial charge in [0, 0.05) is 16.9 Å². The maximum atomic E-state index is 12.5. The van der Waals surface area contributed by atoms with Crippen LogP contribution in [0.2, 0.25) is 0 Å². The topological polar surface area (TPSA) is 76.7 Å². The molecule has 2 amide bonds. The lowest BCUT2D eigenvalue weighted by Crippen LogP contribution is -2.30. The molecule has 0 unspecified atom stereocenters. The van der Waals surface area contributed by atoms with Gasteiger partial charge in [0.2, 0.25) is 0 Å². The predicted octanol–water partition coefficient (Wildman–Crippen LogP) is 4.97. The highest BCUT2D eigenvalue weighted by Gasteiger charge is 2.16. The van der Waals surface area contributed by atoms with Gasteiger partial charge in [-0.3, -0.25) is 9.59 Å². The summed E-state index contributed by atoms with van der Waals surface area (Å²) in [4.78, 5) is 24.9. The van der Waals surface area contributed by atoms with Crippen molar-refractivity contribution in [3.63, 3.8) is 0 Å². The molecule has 0 aliphatic carbocycles. The Kier molecular flexibility index (Phi) is 6.92. The highest BCUT2D eigenvalue weighted by Crippen LogP contribution is 2.20. The van der Waals surface area contributed by atoms with E-state index in [2.05, 4.69) is 10.6 Å². The van der Waals surface area contributed by atoms with Crippen LogP contribution >= 0.6 is 0 Å². The van der Waals surface area contributed by atoms with Crippen molar-refractivity contribution >= 4 is 23.2 Å². The van der Waals surface area contributed by atoms with Gasteiger partial charge < -0.3 is 20.1 Å². The van der Waals surface area contributed by atoms with Crippen molar-refractivity contribution < 1.29 is 19.1 Å². The molecule has 0 spiro atoms. The van der Waals surface area contributed by atoms with Crippen molar-refractivity contribution in [3.8, 4) is 11.5 Å². The van der Waals surface area contributed by atoms with E-state index in [-0.39, 0.29) is 11.8 Å². The summed E-state index contributed by atoms with van der Waals surface area (Å²) in [5, 5.41) is 5.72. The molecule has 160 valence electrons. The molecule has 0 aliphatic rings. The Bertz CT molecular complexity index is 1060. The third kappa shape index (κ3) is 5.63. The first-order valence-corrected chi connectivity index (χ1v) is 9.96. The summed E-state index contributed by atoms with van der Waals surface area (Å²) < 4.78 is 10.8. The molecule has 0 radical (unpaired) electrons. The lowest BCUT2D eigenvalue weighted by Gasteiger charge is -2.15. The summed E-state index contributed by atoms with van der Waals surface area (Å²) in [7, 11) is 1.59. The van der Waals surface area contributed by atoms with Gasteiger partial charge in [0.25, 0.3) is 11.8 Å². The number of methoxy groups -OCH3 is 1. The number of anilines is 2. The van der Waals surface area contributed by atoms with E-state index in [0.29, 0.717) is 22.7 Å². The molecule has 31 heavy (non-hydrogen) atoms. The van der Waals surface area contributed by atoms with Crippen molar-refractivity contribution in [1.82, 2.24) is 0 Å². The summed E-state index contributed by atoms with van der Waals surface area (Å²) in [5.41, 5.74) is 4.09. The zero-order valence-corrected chi connectivity index (χ0v) is 18.1. The fourth-order valence-corrected chi connectivity index (χ4v) is 2.94. The fraction of sp³-hybridized carbons (Fsp3) is 0.200. The van der Waals surface area contributed by atoms with Gasteiger partial charge in [-0.2, -0.15) is 0 Å². The molecule has 6 heteroatoms. The van der Waals surface area contributed by atoms with Gasteiger partial charge in [0.05, 0.1) is 7.11 Å². The van der Waals surface area contributed by atoms with Gasteiger partial charge >= 0.3 is 0 Å². The number of carbonyl (C=O) groups is 2. The Morgan fingerprint density at radius 1 is 0.839 bits per heavy atom. The number of hydrogen-bond donors (Lipinski definition) is 2. The zero-order chi connectivity index (χ0) is 22.4. The van der Waals surface area contributed by atoms with Crippen LogP contribution in [-0.2, 0) is 4.79 Å². The third-order valence-electron chi connectivity index (χ3n) is 5.01. The average Bonchev–Trinajstić information content (AvgIpc) is 2.77. The second-order valence-corrected chi connectivity index (χ2v) is 7.20. The summed E-state index contributed by atoms with van der Waals surface area (Å²) >= 11 is 0. The minimum absolute atomic E-state index is 0.203. The molecule has 0 fully saturated rings. The number of amides is 2. The zero-order valence-electron chi connectivity index (χ0n) is 18.1. The number of rotatable bonds is 7. The highest BCUT2D eigenvalue weighted by molar-refractivity contribution is 6.04. The van der Waals surface area contributed by atoms with Gasteiger partial charge in [-0.1, -0.05) is 12.1 Å². The Balaban J connectivity index is 1.58. The molecule has 6 nitrogen and oxygen atoms in total. The van der Waals surface area contributed by atoms with E-state index in [4.69, 9.17) is 9.47 Å². The largest absolute Gasteiger partial charge is 0.497 e. The van der Waals surface area contributed by atoms with Crippen LogP contribution < -0.4 is 20.1 Å². The molecule has 0 heterocycles. The number of aryl methyl sites for hydroxylation is 1. The second kappa shape index (κ2) is 9.80. The maximum Gasteiger partial charge on any atom is 0.265 e. The monoisotopic (exact) mass is 418 g/mol. The molecule has 2 N–H and O–H groups in total. The molecular formula is C25H26N2O4. The smallest absolute Gasteiger partial charge is 0.265 e. The molecule has 0 bridgehead atoms. The van der Waals surface area contributed by atoms with Crippen LogP contribution in [-0.4, -0.2) is 25.0 Å². The van der Waals surface area contributed by atoms with E-state index in [0.717, 1.165) is 16.8 Å². The molecule has 0 aromatic heterocycles. The molecule has 3 rings (SSSR count). The summed E-state index contributed by atoms with van der Waals surface area (Å²) in [6.45, 7) is 5.64. The minimum atomic E-state index is -0.711. The van der Waals surface area contributed by atoms with Gasteiger partial charge in [0.1, 0.15) is 11.5 Å².